The molecule has 2 nitrogen and oxygen atoms in total. The van der Waals surface area contributed by atoms with Gasteiger partial charge in [-0.05, 0) is 61.9 Å². The molecule has 0 heterocycles. The molecule has 0 saturated carbocycles. The third-order valence-corrected chi connectivity index (χ3v) is 6.92. The summed E-state index contributed by atoms with van der Waals surface area (Å²) in [5.41, 5.74) is 1.76. The first-order chi connectivity index (χ1) is 13.8. The van der Waals surface area contributed by atoms with Gasteiger partial charge in [0.15, 0.2) is 0 Å². The van der Waals surface area contributed by atoms with Crippen LogP contribution in [0.3, 0.4) is 0 Å². The van der Waals surface area contributed by atoms with Gasteiger partial charge in [-0.1, -0.05) is 80.4 Å². The van der Waals surface area contributed by atoms with Crippen molar-refractivity contribution in [1.82, 2.24) is 4.90 Å². The van der Waals surface area contributed by atoms with Crippen LogP contribution in [0.1, 0.15) is 51.2 Å². The molecule has 2 rings (SSSR count). The number of benzene rings is 2. The normalized spacial score (nSPS) is 14.6. The molecule has 2 unspecified atom stereocenters. The summed E-state index contributed by atoms with van der Waals surface area (Å²) in [4.78, 5) is 2.43. The Morgan fingerprint density at radius 3 is 2.31 bits per heavy atom. The molecule has 4 heteroatoms. The van der Waals surface area contributed by atoms with Gasteiger partial charge in [0, 0.05) is 12.6 Å². The summed E-state index contributed by atoms with van der Waals surface area (Å²) in [6, 6.07) is 19.3. The Labute approximate surface area is 186 Å². The lowest BCUT2D eigenvalue weighted by Crippen LogP contribution is -2.37. The van der Waals surface area contributed by atoms with Crippen LogP contribution < -0.4 is 0 Å². The van der Waals surface area contributed by atoms with Crippen LogP contribution in [-0.2, 0) is 11.8 Å². The third-order valence-electron chi connectivity index (χ3n) is 6.18. The molecule has 0 fully saturated rings. The summed E-state index contributed by atoms with van der Waals surface area (Å²) in [6.07, 6.45) is 3.86. The lowest BCUT2D eigenvalue weighted by molar-refractivity contribution is 0.206. The van der Waals surface area contributed by atoms with E-state index < -0.39 is 5.41 Å². The molecule has 0 radical (unpaired) electrons. The highest BCUT2D eigenvalue weighted by atomic mass is 35.5. The van der Waals surface area contributed by atoms with Gasteiger partial charge in [-0.25, -0.2) is 0 Å². The van der Waals surface area contributed by atoms with Gasteiger partial charge in [0.1, 0.15) is 0 Å². The quantitative estimate of drug-likeness (QED) is 0.400. The molecule has 2 aromatic carbocycles. The molecule has 2 aromatic rings. The Morgan fingerprint density at radius 2 is 1.76 bits per heavy atom. The van der Waals surface area contributed by atoms with Gasteiger partial charge >= 0.3 is 0 Å². The molecule has 0 aromatic heterocycles. The summed E-state index contributed by atoms with van der Waals surface area (Å²) in [5.74, 6) is 0.178. The molecule has 0 amide bonds. The topological polar surface area (TPSA) is 27.0 Å². The minimum Gasteiger partial charge on any atom is -0.303 e. The van der Waals surface area contributed by atoms with Crippen LogP contribution >= 0.6 is 23.2 Å². The van der Waals surface area contributed by atoms with Gasteiger partial charge in [-0.2, -0.15) is 5.26 Å². The second kappa shape index (κ2) is 11.0. The van der Waals surface area contributed by atoms with Crippen LogP contribution in [0.5, 0.6) is 0 Å². The van der Waals surface area contributed by atoms with Crippen molar-refractivity contribution >= 4 is 23.2 Å². The van der Waals surface area contributed by atoms with Gasteiger partial charge < -0.3 is 4.90 Å². The number of nitriles is 1. The van der Waals surface area contributed by atoms with Crippen LogP contribution in [-0.4, -0.2) is 24.5 Å². The van der Waals surface area contributed by atoms with Crippen molar-refractivity contribution in [3.05, 3.63) is 69.7 Å². The Bertz CT molecular complexity index is 813. The van der Waals surface area contributed by atoms with Crippen molar-refractivity contribution in [2.75, 3.05) is 13.6 Å². The third kappa shape index (κ3) is 5.98. The maximum absolute atomic E-state index is 10.2. The Hall–Kier alpha value is -1.53. The summed E-state index contributed by atoms with van der Waals surface area (Å²) >= 11 is 12.4. The number of nitrogens with zero attached hydrogens (tertiary/aromatic N) is 2. The first-order valence-electron chi connectivity index (χ1n) is 10.4. The van der Waals surface area contributed by atoms with E-state index in [1.165, 1.54) is 5.56 Å². The maximum Gasteiger partial charge on any atom is 0.0846 e. The predicted octanol–water partition coefficient (Wildman–Crippen LogP) is 7.14. The number of likely N-dealkylation sites (N-methyl/N-ethyl adjacent to an activating group) is 1. The first-order valence-corrected chi connectivity index (χ1v) is 11.2. The molecule has 29 heavy (non-hydrogen) atoms. The number of rotatable bonds is 10. The van der Waals surface area contributed by atoms with E-state index in [-0.39, 0.29) is 5.92 Å². The molecule has 0 spiro atoms. The zero-order valence-corrected chi connectivity index (χ0v) is 19.5. The Balaban J connectivity index is 2.11. The Morgan fingerprint density at radius 1 is 1.07 bits per heavy atom. The average Bonchev–Trinajstić information content (AvgIpc) is 2.72. The van der Waals surface area contributed by atoms with Crippen molar-refractivity contribution in [2.24, 2.45) is 5.92 Å². The van der Waals surface area contributed by atoms with Crippen LogP contribution in [0.25, 0.3) is 0 Å². The minimum absolute atomic E-state index is 0.178. The maximum atomic E-state index is 10.2. The highest BCUT2D eigenvalue weighted by Gasteiger charge is 2.37. The fourth-order valence-electron chi connectivity index (χ4n) is 4.05. The van der Waals surface area contributed by atoms with Gasteiger partial charge in [0.05, 0.1) is 21.5 Å². The van der Waals surface area contributed by atoms with Crippen LogP contribution in [0.2, 0.25) is 10.0 Å². The van der Waals surface area contributed by atoms with E-state index in [0.29, 0.717) is 16.1 Å². The smallest absolute Gasteiger partial charge is 0.0846 e. The average molecular weight is 431 g/mol. The fraction of sp³-hybridized carbons (Fsp3) is 0.480. The van der Waals surface area contributed by atoms with E-state index in [1.807, 2.05) is 12.1 Å². The minimum atomic E-state index is -0.568. The monoisotopic (exact) mass is 430 g/mol. The van der Waals surface area contributed by atoms with Crippen molar-refractivity contribution in [1.29, 1.82) is 5.26 Å². The summed E-state index contributed by atoms with van der Waals surface area (Å²) < 4.78 is 0. The van der Waals surface area contributed by atoms with Crippen molar-refractivity contribution in [3.63, 3.8) is 0 Å². The van der Waals surface area contributed by atoms with Gasteiger partial charge in [0.2, 0.25) is 0 Å². The lowest BCUT2D eigenvalue weighted by atomic mass is 9.69. The van der Waals surface area contributed by atoms with Gasteiger partial charge in [-0.15, -0.1) is 0 Å². The van der Waals surface area contributed by atoms with E-state index in [0.717, 1.165) is 37.8 Å². The van der Waals surface area contributed by atoms with Crippen LogP contribution in [0.15, 0.2) is 48.5 Å². The molecule has 156 valence electrons. The fourth-order valence-corrected chi connectivity index (χ4v) is 4.35. The number of hydrogen-bond acceptors (Lipinski definition) is 2. The molecule has 0 aliphatic rings. The first kappa shape index (κ1) is 23.7. The molecule has 0 aliphatic carbocycles. The molecule has 2 atom stereocenters. The van der Waals surface area contributed by atoms with E-state index >= 15 is 0 Å². The van der Waals surface area contributed by atoms with E-state index in [9.17, 15) is 5.26 Å². The largest absolute Gasteiger partial charge is 0.303 e. The predicted molar refractivity (Wildman–Crippen MR) is 125 cm³/mol. The molecular weight excluding hydrogens is 399 g/mol. The summed E-state index contributed by atoms with van der Waals surface area (Å²) in [5, 5.41) is 11.2. The summed E-state index contributed by atoms with van der Waals surface area (Å²) in [6.45, 7) is 7.47. The van der Waals surface area contributed by atoms with Gasteiger partial charge in [-0.3, -0.25) is 0 Å². The highest BCUT2D eigenvalue weighted by Crippen LogP contribution is 2.39. The molecule has 0 aliphatic heterocycles. The zero-order valence-electron chi connectivity index (χ0n) is 18.0. The molecule has 0 N–H and O–H groups in total. The van der Waals surface area contributed by atoms with Gasteiger partial charge in [0.25, 0.3) is 0 Å². The van der Waals surface area contributed by atoms with Crippen LogP contribution in [0, 0.1) is 17.2 Å². The van der Waals surface area contributed by atoms with E-state index in [1.54, 1.807) is 6.07 Å². The van der Waals surface area contributed by atoms with Crippen molar-refractivity contribution in [3.8, 4) is 6.07 Å². The number of hydrogen-bond donors (Lipinski definition) is 0. The standard InChI is InChI=1S/C25H32Cl2N2/c1-5-22(29(4)16-14-20-9-7-6-8-10-20)13-15-25(18-28,19(2)3)21-11-12-23(26)24(27)17-21/h6-12,17,19,22H,5,13-16H2,1-4H3. The number of halogens is 2. The second-order valence-corrected chi connectivity index (χ2v) is 9.00. The SMILES string of the molecule is CCC(CCC(C#N)(c1ccc(Cl)c(Cl)c1)C(C)C)N(C)CCc1ccccc1. The van der Waals surface area contributed by atoms with Crippen molar-refractivity contribution in [2.45, 2.75) is 57.9 Å². The molecule has 0 bridgehead atoms. The second-order valence-electron chi connectivity index (χ2n) is 8.18. The van der Waals surface area contributed by atoms with Crippen molar-refractivity contribution < 1.29 is 0 Å². The highest BCUT2D eigenvalue weighted by molar-refractivity contribution is 6.42. The summed E-state index contributed by atoms with van der Waals surface area (Å²) in [7, 11) is 2.19. The molecular formula is C25H32Cl2N2. The zero-order chi connectivity index (χ0) is 21.4. The lowest BCUT2D eigenvalue weighted by Gasteiger charge is -2.35. The van der Waals surface area contributed by atoms with Crippen LogP contribution in [0.4, 0.5) is 0 Å². The molecule has 0 saturated heterocycles. The van der Waals surface area contributed by atoms with E-state index in [4.69, 9.17) is 23.2 Å². The van der Waals surface area contributed by atoms with E-state index in [2.05, 4.69) is 69.1 Å². The Kier molecular flexibility index (Phi) is 9.03.